The van der Waals surface area contributed by atoms with Crippen LogP contribution >= 0.6 is 11.6 Å². The maximum atomic E-state index is 11.6. The number of benzene rings is 2. The van der Waals surface area contributed by atoms with Crippen molar-refractivity contribution in [1.29, 1.82) is 0 Å². The van der Waals surface area contributed by atoms with Crippen molar-refractivity contribution in [3.63, 3.8) is 0 Å². The zero-order valence-electron chi connectivity index (χ0n) is 12.7. The van der Waals surface area contributed by atoms with Crippen LogP contribution in [-0.4, -0.2) is 25.3 Å². The molecule has 0 aliphatic heterocycles. The number of hydrogen-bond donors (Lipinski definition) is 1. The fraction of sp³-hybridized carbons (Fsp3) is 0.176. The van der Waals surface area contributed by atoms with Crippen molar-refractivity contribution in [2.75, 3.05) is 13.2 Å². The van der Waals surface area contributed by atoms with Crippen LogP contribution in [0.1, 0.15) is 12.5 Å². The highest BCUT2D eigenvalue weighted by Gasteiger charge is 2.01. The minimum atomic E-state index is -0.354. The lowest BCUT2D eigenvalue weighted by Gasteiger charge is -2.05. The lowest BCUT2D eigenvalue weighted by molar-refractivity contribution is -0.123. The third-order valence-corrected chi connectivity index (χ3v) is 3.00. The average molecular weight is 333 g/mol. The van der Waals surface area contributed by atoms with Gasteiger partial charge in [0.25, 0.3) is 5.91 Å². The van der Waals surface area contributed by atoms with Gasteiger partial charge < -0.3 is 9.47 Å². The molecule has 0 bridgehead atoms. The summed E-state index contributed by atoms with van der Waals surface area (Å²) in [5.74, 6) is 0.971. The van der Waals surface area contributed by atoms with Crippen LogP contribution in [0.15, 0.2) is 53.6 Å². The van der Waals surface area contributed by atoms with Gasteiger partial charge in [0, 0.05) is 5.02 Å². The SMILES string of the molecule is CCOc1ccc(/C=N\NC(=O)COc2cccc(Cl)c2)cc1. The fourth-order valence-electron chi connectivity index (χ4n) is 1.73. The second-order valence-corrected chi connectivity index (χ2v) is 4.98. The molecule has 0 aliphatic carbocycles. The molecule has 0 fully saturated rings. The standard InChI is InChI=1S/C17H17ClN2O3/c1-2-22-15-8-6-13(7-9-15)11-19-20-17(21)12-23-16-5-3-4-14(18)10-16/h3-11H,2,12H2,1H3,(H,20,21)/b19-11-. The number of halogens is 1. The van der Waals surface area contributed by atoms with Gasteiger partial charge in [-0.25, -0.2) is 5.43 Å². The summed E-state index contributed by atoms with van der Waals surface area (Å²) in [6.07, 6.45) is 1.55. The Morgan fingerprint density at radius 2 is 1.96 bits per heavy atom. The van der Waals surface area contributed by atoms with E-state index in [1.807, 2.05) is 31.2 Å². The van der Waals surface area contributed by atoms with Gasteiger partial charge >= 0.3 is 0 Å². The molecule has 0 radical (unpaired) electrons. The number of ether oxygens (including phenoxy) is 2. The molecule has 2 rings (SSSR count). The molecule has 0 spiro atoms. The predicted molar refractivity (Wildman–Crippen MR) is 90.3 cm³/mol. The maximum absolute atomic E-state index is 11.6. The Morgan fingerprint density at radius 1 is 1.17 bits per heavy atom. The first-order valence-electron chi connectivity index (χ1n) is 7.10. The van der Waals surface area contributed by atoms with E-state index < -0.39 is 0 Å². The van der Waals surface area contributed by atoms with E-state index in [2.05, 4.69) is 10.5 Å². The number of nitrogens with zero attached hydrogens (tertiary/aromatic N) is 1. The summed E-state index contributed by atoms with van der Waals surface area (Å²) in [6, 6.07) is 14.2. The van der Waals surface area contributed by atoms with Gasteiger partial charge in [0.1, 0.15) is 11.5 Å². The minimum absolute atomic E-state index is 0.138. The predicted octanol–water partition coefficient (Wildman–Crippen LogP) is 3.27. The van der Waals surface area contributed by atoms with Crippen LogP contribution < -0.4 is 14.9 Å². The van der Waals surface area contributed by atoms with Gasteiger partial charge in [0.05, 0.1) is 12.8 Å². The molecule has 5 nitrogen and oxygen atoms in total. The zero-order chi connectivity index (χ0) is 16.5. The lowest BCUT2D eigenvalue weighted by atomic mass is 10.2. The highest BCUT2D eigenvalue weighted by atomic mass is 35.5. The van der Waals surface area contributed by atoms with Crippen LogP contribution in [0.3, 0.4) is 0 Å². The fourth-order valence-corrected chi connectivity index (χ4v) is 1.91. The van der Waals surface area contributed by atoms with Crippen molar-refractivity contribution < 1.29 is 14.3 Å². The third-order valence-electron chi connectivity index (χ3n) is 2.76. The molecule has 0 atom stereocenters. The van der Waals surface area contributed by atoms with Crippen LogP contribution in [0.4, 0.5) is 0 Å². The zero-order valence-corrected chi connectivity index (χ0v) is 13.4. The highest BCUT2D eigenvalue weighted by molar-refractivity contribution is 6.30. The van der Waals surface area contributed by atoms with E-state index in [9.17, 15) is 4.79 Å². The number of rotatable bonds is 7. The van der Waals surface area contributed by atoms with Crippen LogP contribution in [0.25, 0.3) is 0 Å². The largest absolute Gasteiger partial charge is 0.494 e. The number of amides is 1. The smallest absolute Gasteiger partial charge is 0.277 e. The summed E-state index contributed by atoms with van der Waals surface area (Å²) in [5.41, 5.74) is 3.25. The van der Waals surface area contributed by atoms with Crippen molar-refractivity contribution in [2.24, 2.45) is 5.10 Å². The van der Waals surface area contributed by atoms with Crippen molar-refractivity contribution in [3.8, 4) is 11.5 Å². The van der Waals surface area contributed by atoms with Crippen molar-refractivity contribution in [3.05, 3.63) is 59.1 Å². The van der Waals surface area contributed by atoms with Gasteiger partial charge in [-0.1, -0.05) is 17.7 Å². The molecule has 2 aromatic rings. The summed E-state index contributed by atoms with van der Waals surface area (Å²) in [6.45, 7) is 2.41. The number of carbonyl (C=O) groups is 1. The van der Waals surface area contributed by atoms with Crippen LogP contribution in [0.2, 0.25) is 5.02 Å². The molecule has 0 aromatic heterocycles. The molecule has 0 heterocycles. The van der Waals surface area contributed by atoms with Crippen LogP contribution in [-0.2, 0) is 4.79 Å². The quantitative estimate of drug-likeness (QED) is 0.625. The van der Waals surface area contributed by atoms with Gasteiger partial charge in [0.15, 0.2) is 6.61 Å². The van der Waals surface area contributed by atoms with Crippen LogP contribution in [0.5, 0.6) is 11.5 Å². The van der Waals surface area contributed by atoms with E-state index in [0.717, 1.165) is 11.3 Å². The topological polar surface area (TPSA) is 59.9 Å². The van der Waals surface area contributed by atoms with Crippen molar-refractivity contribution >= 4 is 23.7 Å². The number of nitrogens with one attached hydrogen (secondary N) is 1. The molecule has 1 N–H and O–H groups in total. The van der Waals surface area contributed by atoms with E-state index in [1.54, 1.807) is 30.5 Å². The Morgan fingerprint density at radius 3 is 2.65 bits per heavy atom. The molecule has 0 saturated carbocycles. The Bertz CT molecular complexity index is 672. The van der Waals surface area contributed by atoms with Crippen molar-refractivity contribution in [2.45, 2.75) is 6.92 Å². The van der Waals surface area contributed by atoms with Gasteiger partial charge in [-0.15, -0.1) is 0 Å². The summed E-state index contributed by atoms with van der Waals surface area (Å²) in [5, 5.41) is 4.43. The minimum Gasteiger partial charge on any atom is -0.494 e. The van der Waals surface area contributed by atoms with E-state index in [0.29, 0.717) is 17.4 Å². The Balaban J connectivity index is 1.77. The molecule has 120 valence electrons. The first-order chi connectivity index (χ1) is 11.2. The molecule has 0 aliphatic rings. The molecule has 2 aromatic carbocycles. The summed E-state index contributed by atoms with van der Waals surface area (Å²) in [4.78, 5) is 11.6. The molecule has 0 saturated heterocycles. The maximum Gasteiger partial charge on any atom is 0.277 e. The highest BCUT2D eigenvalue weighted by Crippen LogP contribution is 2.16. The Hall–Kier alpha value is -2.53. The molecule has 1 amide bonds. The van der Waals surface area contributed by atoms with Gasteiger partial charge in [0.2, 0.25) is 0 Å². The summed E-state index contributed by atoms with van der Waals surface area (Å²) in [7, 11) is 0. The molecule has 0 unspecified atom stereocenters. The van der Waals surface area contributed by atoms with Crippen LogP contribution in [0, 0.1) is 0 Å². The normalized spacial score (nSPS) is 10.5. The van der Waals surface area contributed by atoms with E-state index in [-0.39, 0.29) is 12.5 Å². The van der Waals surface area contributed by atoms with Gasteiger partial charge in [-0.3, -0.25) is 4.79 Å². The second-order valence-electron chi connectivity index (χ2n) is 4.54. The van der Waals surface area contributed by atoms with E-state index >= 15 is 0 Å². The summed E-state index contributed by atoms with van der Waals surface area (Å²) >= 11 is 5.83. The molecular formula is C17H17ClN2O3. The summed E-state index contributed by atoms with van der Waals surface area (Å²) < 4.78 is 10.7. The second kappa shape index (κ2) is 8.80. The molecule has 23 heavy (non-hydrogen) atoms. The number of hydrogen-bond acceptors (Lipinski definition) is 4. The molecule has 6 heteroatoms. The van der Waals surface area contributed by atoms with Gasteiger partial charge in [-0.05, 0) is 55.0 Å². The van der Waals surface area contributed by atoms with E-state index in [4.69, 9.17) is 21.1 Å². The molecular weight excluding hydrogens is 316 g/mol. The monoisotopic (exact) mass is 332 g/mol. The number of carbonyl (C=O) groups excluding carboxylic acids is 1. The van der Waals surface area contributed by atoms with Gasteiger partial charge in [-0.2, -0.15) is 5.10 Å². The Labute approximate surface area is 139 Å². The number of hydrazone groups is 1. The first kappa shape index (κ1) is 16.8. The third kappa shape index (κ3) is 6.00. The van der Waals surface area contributed by atoms with Crippen molar-refractivity contribution in [1.82, 2.24) is 5.43 Å². The lowest BCUT2D eigenvalue weighted by Crippen LogP contribution is -2.24. The first-order valence-corrected chi connectivity index (χ1v) is 7.48. The average Bonchev–Trinajstić information content (AvgIpc) is 2.55. The van der Waals surface area contributed by atoms with E-state index in [1.165, 1.54) is 0 Å². The Kier molecular flexibility index (Phi) is 6.44.